The first-order valence-electron chi connectivity index (χ1n) is 5.07. The van der Waals surface area contributed by atoms with Gasteiger partial charge in [-0.3, -0.25) is 15.1 Å². The first kappa shape index (κ1) is 12.2. The minimum atomic E-state index is -0.0698. The summed E-state index contributed by atoms with van der Waals surface area (Å²) < 4.78 is 0. The minimum Gasteiger partial charge on any atom is -0.348 e. The SMILES string of the molecule is C#CCNCC(=O)NC(C)c1ccncc1. The molecule has 1 atom stereocenters. The van der Waals surface area contributed by atoms with E-state index in [1.54, 1.807) is 12.4 Å². The van der Waals surface area contributed by atoms with Crippen molar-refractivity contribution in [3.05, 3.63) is 30.1 Å². The van der Waals surface area contributed by atoms with Crippen LogP contribution in [-0.2, 0) is 4.79 Å². The van der Waals surface area contributed by atoms with Crippen LogP contribution in [-0.4, -0.2) is 24.0 Å². The van der Waals surface area contributed by atoms with Crippen LogP contribution in [0.15, 0.2) is 24.5 Å². The highest BCUT2D eigenvalue weighted by molar-refractivity contribution is 5.78. The third-order valence-corrected chi connectivity index (χ3v) is 2.10. The van der Waals surface area contributed by atoms with Crippen molar-refractivity contribution < 1.29 is 4.79 Å². The number of carbonyl (C=O) groups is 1. The Labute approximate surface area is 95.5 Å². The Morgan fingerprint density at radius 3 is 2.88 bits per heavy atom. The van der Waals surface area contributed by atoms with Crippen LogP contribution in [0.3, 0.4) is 0 Å². The van der Waals surface area contributed by atoms with Crippen molar-refractivity contribution in [3.8, 4) is 12.3 Å². The van der Waals surface area contributed by atoms with Gasteiger partial charge in [0.2, 0.25) is 5.91 Å². The van der Waals surface area contributed by atoms with Crippen LogP contribution in [0.2, 0.25) is 0 Å². The average molecular weight is 217 g/mol. The highest BCUT2D eigenvalue weighted by Gasteiger charge is 2.08. The van der Waals surface area contributed by atoms with Gasteiger partial charge in [-0.05, 0) is 24.6 Å². The Morgan fingerprint density at radius 2 is 2.25 bits per heavy atom. The molecule has 0 aliphatic rings. The Hall–Kier alpha value is -1.86. The molecule has 0 saturated carbocycles. The molecule has 84 valence electrons. The van der Waals surface area contributed by atoms with Crippen molar-refractivity contribution in [2.24, 2.45) is 0 Å². The lowest BCUT2D eigenvalue weighted by atomic mass is 10.1. The highest BCUT2D eigenvalue weighted by Crippen LogP contribution is 2.09. The molecule has 1 heterocycles. The number of aromatic nitrogens is 1. The molecule has 0 saturated heterocycles. The molecule has 0 radical (unpaired) electrons. The second-order valence-corrected chi connectivity index (χ2v) is 3.38. The molecule has 4 nitrogen and oxygen atoms in total. The number of carbonyl (C=O) groups excluding carboxylic acids is 1. The van der Waals surface area contributed by atoms with Crippen LogP contribution in [0.25, 0.3) is 0 Å². The van der Waals surface area contributed by atoms with Gasteiger partial charge >= 0.3 is 0 Å². The topological polar surface area (TPSA) is 54.0 Å². The second-order valence-electron chi connectivity index (χ2n) is 3.38. The third kappa shape index (κ3) is 4.11. The Morgan fingerprint density at radius 1 is 1.56 bits per heavy atom. The molecule has 2 N–H and O–H groups in total. The predicted molar refractivity (Wildman–Crippen MR) is 62.5 cm³/mol. The summed E-state index contributed by atoms with van der Waals surface area (Å²) in [6, 6.07) is 3.72. The van der Waals surface area contributed by atoms with Gasteiger partial charge < -0.3 is 5.32 Å². The molecule has 1 unspecified atom stereocenters. The van der Waals surface area contributed by atoms with Gasteiger partial charge in [0.05, 0.1) is 19.1 Å². The van der Waals surface area contributed by atoms with Gasteiger partial charge in [-0.15, -0.1) is 6.42 Å². The predicted octanol–water partition coefficient (Wildman–Crippen LogP) is 0.482. The summed E-state index contributed by atoms with van der Waals surface area (Å²) in [5.74, 6) is 2.34. The fourth-order valence-electron chi connectivity index (χ4n) is 1.28. The molecule has 0 aliphatic heterocycles. The van der Waals surface area contributed by atoms with Crippen LogP contribution in [0.5, 0.6) is 0 Å². The molecule has 1 aromatic rings. The molecule has 1 rings (SSSR count). The standard InChI is InChI=1S/C12H15N3O/c1-3-6-14-9-12(16)15-10(2)11-4-7-13-8-5-11/h1,4-5,7-8,10,14H,6,9H2,2H3,(H,15,16). The van der Waals surface area contributed by atoms with E-state index in [-0.39, 0.29) is 18.5 Å². The van der Waals surface area contributed by atoms with Gasteiger partial charge in [0.25, 0.3) is 0 Å². The summed E-state index contributed by atoms with van der Waals surface area (Å²) in [7, 11) is 0. The summed E-state index contributed by atoms with van der Waals surface area (Å²) in [4.78, 5) is 15.4. The van der Waals surface area contributed by atoms with Crippen LogP contribution in [0.4, 0.5) is 0 Å². The lowest BCUT2D eigenvalue weighted by Crippen LogP contribution is -2.35. The molecule has 0 spiro atoms. The van der Waals surface area contributed by atoms with Gasteiger partial charge in [0.1, 0.15) is 0 Å². The van der Waals surface area contributed by atoms with E-state index in [9.17, 15) is 4.79 Å². The van der Waals surface area contributed by atoms with Crippen LogP contribution in [0, 0.1) is 12.3 Å². The lowest BCUT2D eigenvalue weighted by molar-refractivity contribution is -0.120. The Kier molecular flexibility index (Phi) is 5.03. The third-order valence-electron chi connectivity index (χ3n) is 2.10. The second kappa shape index (κ2) is 6.59. The van der Waals surface area contributed by atoms with Gasteiger partial charge in [-0.2, -0.15) is 0 Å². The molecular formula is C12H15N3O. The first-order valence-corrected chi connectivity index (χ1v) is 5.07. The monoisotopic (exact) mass is 217 g/mol. The molecule has 4 heteroatoms. The zero-order valence-electron chi connectivity index (χ0n) is 9.23. The number of hydrogen-bond donors (Lipinski definition) is 2. The minimum absolute atomic E-state index is 0.0249. The van der Waals surface area contributed by atoms with Crippen molar-refractivity contribution in [2.75, 3.05) is 13.1 Å². The molecule has 0 aliphatic carbocycles. The van der Waals surface area contributed by atoms with E-state index in [0.29, 0.717) is 6.54 Å². The molecule has 1 aromatic heterocycles. The molecule has 0 aromatic carbocycles. The number of pyridine rings is 1. The summed E-state index contributed by atoms with van der Waals surface area (Å²) in [5.41, 5.74) is 1.03. The van der Waals surface area contributed by atoms with Crippen LogP contribution < -0.4 is 10.6 Å². The van der Waals surface area contributed by atoms with Crippen LogP contribution >= 0.6 is 0 Å². The van der Waals surface area contributed by atoms with Gasteiger partial charge in [-0.25, -0.2) is 0 Å². The van der Waals surface area contributed by atoms with Crippen LogP contribution in [0.1, 0.15) is 18.5 Å². The Balaban J connectivity index is 2.37. The van der Waals surface area contributed by atoms with E-state index in [4.69, 9.17) is 6.42 Å². The van der Waals surface area contributed by atoms with Crippen molar-refractivity contribution in [1.82, 2.24) is 15.6 Å². The van der Waals surface area contributed by atoms with E-state index < -0.39 is 0 Å². The lowest BCUT2D eigenvalue weighted by Gasteiger charge is -2.13. The smallest absolute Gasteiger partial charge is 0.234 e. The summed E-state index contributed by atoms with van der Waals surface area (Å²) in [5, 5.41) is 5.69. The quantitative estimate of drug-likeness (QED) is 0.557. The number of nitrogens with zero attached hydrogens (tertiary/aromatic N) is 1. The van der Waals surface area contributed by atoms with E-state index in [2.05, 4.69) is 21.5 Å². The van der Waals surface area contributed by atoms with Crippen molar-refractivity contribution in [1.29, 1.82) is 0 Å². The van der Waals surface area contributed by atoms with Gasteiger partial charge in [-0.1, -0.05) is 5.92 Å². The first-order chi connectivity index (χ1) is 7.74. The number of nitrogens with one attached hydrogen (secondary N) is 2. The number of terminal acetylenes is 1. The molecular weight excluding hydrogens is 202 g/mol. The maximum atomic E-state index is 11.4. The van der Waals surface area contributed by atoms with E-state index in [1.807, 2.05) is 19.1 Å². The number of amides is 1. The molecule has 0 bridgehead atoms. The largest absolute Gasteiger partial charge is 0.348 e. The average Bonchev–Trinajstić information content (AvgIpc) is 2.30. The molecule has 16 heavy (non-hydrogen) atoms. The van der Waals surface area contributed by atoms with Crippen molar-refractivity contribution in [2.45, 2.75) is 13.0 Å². The number of rotatable bonds is 5. The zero-order valence-corrected chi connectivity index (χ0v) is 9.23. The highest BCUT2D eigenvalue weighted by atomic mass is 16.1. The number of hydrogen-bond acceptors (Lipinski definition) is 3. The normalized spacial score (nSPS) is 11.5. The molecule has 0 fully saturated rings. The van der Waals surface area contributed by atoms with Gasteiger partial charge in [0.15, 0.2) is 0 Å². The maximum Gasteiger partial charge on any atom is 0.234 e. The fraction of sp³-hybridized carbons (Fsp3) is 0.333. The molecule has 1 amide bonds. The van der Waals surface area contributed by atoms with Crippen molar-refractivity contribution in [3.63, 3.8) is 0 Å². The van der Waals surface area contributed by atoms with E-state index in [0.717, 1.165) is 5.56 Å². The summed E-state index contributed by atoms with van der Waals surface area (Å²) in [6.07, 6.45) is 8.46. The zero-order chi connectivity index (χ0) is 11.8. The van der Waals surface area contributed by atoms with Crippen molar-refractivity contribution >= 4 is 5.91 Å². The summed E-state index contributed by atoms with van der Waals surface area (Å²) in [6.45, 7) is 2.56. The maximum absolute atomic E-state index is 11.4. The summed E-state index contributed by atoms with van der Waals surface area (Å²) >= 11 is 0. The van der Waals surface area contributed by atoms with E-state index >= 15 is 0 Å². The van der Waals surface area contributed by atoms with E-state index in [1.165, 1.54) is 0 Å². The Bertz CT molecular complexity index is 370. The van der Waals surface area contributed by atoms with Gasteiger partial charge in [0, 0.05) is 12.4 Å². The fourth-order valence-corrected chi connectivity index (χ4v) is 1.28.